The molecule has 0 aliphatic heterocycles. The van der Waals surface area contributed by atoms with Crippen LogP contribution in [0, 0.1) is 0 Å². The lowest BCUT2D eigenvalue weighted by Crippen LogP contribution is -1.98. The Kier molecular flexibility index (Phi) is 6.93. The summed E-state index contributed by atoms with van der Waals surface area (Å²) in [5.41, 5.74) is 8.54. The molecule has 0 fully saturated rings. The fourth-order valence-electron chi connectivity index (χ4n) is 9.30. The molecule has 0 saturated heterocycles. The van der Waals surface area contributed by atoms with Gasteiger partial charge in [0.25, 0.3) is 0 Å². The Morgan fingerprint density at radius 3 is 1.49 bits per heavy atom. The fraction of sp³-hybridized carbons (Fsp3) is 0. The van der Waals surface area contributed by atoms with E-state index in [1.54, 1.807) is 0 Å². The van der Waals surface area contributed by atoms with Gasteiger partial charge in [-0.05, 0) is 73.4 Å². The molecule has 0 atom stereocenters. The molecule has 0 unspecified atom stereocenters. The van der Waals surface area contributed by atoms with E-state index in [0.717, 1.165) is 39.2 Å². The number of hydrogen-bond acceptors (Lipinski definition) is 2. The van der Waals surface area contributed by atoms with Crippen molar-refractivity contribution in [3.05, 3.63) is 200 Å². The molecule has 0 amide bonds. The van der Waals surface area contributed by atoms with Crippen LogP contribution in [0.3, 0.4) is 0 Å². The maximum atomic E-state index is 5.51. The Morgan fingerprint density at radius 1 is 0.316 bits per heavy atom. The summed E-state index contributed by atoms with van der Waals surface area (Å²) in [7, 11) is 0. The molecule has 0 N–H and O–H groups in total. The van der Waals surface area contributed by atoms with Crippen LogP contribution in [0.2, 0.25) is 0 Å². The van der Waals surface area contributed by atoms with Gasteiger partial charge >= 0.3 is 0 Å². The Hall–Kier alpha value is -7.62. The Balaban J connectivity index is 1.24. The van der Waals surface area contributed by atoms with Crippen LogP contribution < -0.4 is 0 Å². The predicted molar refractivity (Wildman–Crippen MR) is 240 cm³/mol. The zero-order chi connectivity index (χ0) is 37.5. The van der Waals surface area contributed by atoms with E-state index in [1.165, 1.54) is 70.3 Å². The van der Waals surface area contributed by atoms with E-state index in [1.807, 2.05) is 0 Å². The Bertz CT molecular complexity index is 3470. The molecule has 10 aromatic carbocycles. The Morgan fingerprint density at radius 2 is 0.825 bits per heavy atom. The highest BCUT2D eigenvalue weighted by atomic mass is 15.0. The lowest BCUT2D eigenvalue weighted by atomic mass is 9.90. The molecular formula is C54H33N3. The first-order chi connectivity index (χ1) is 28.3. The molecule has 0 aliphatic rings. The second kappa shape index (κ2) is 12.5. The first kappa shape index (κ1) is 31.7. The van der Waals surface area contributed by atoms with Gasteiger partial charge in [0.05, 0.1) is 22.4 Å². The van der Waals surface area contributed by atoms with Crippen LogP contribution in [0.4, 0.5) is 0 Å². The largest absolute Gasteiger partial charge is 0.309 e. The molecule has 3 heteroatoms. The van der Waals surface area contributed by atoms with Crippen LogP contribution in [-0.2, 0) is 0 Å². The average molecular weight is 724 g/mol. The molecule has 12 rings (SSSR count). The molecular weight excluding hydrogens is 691 g/mol. The van der Waals surface area contributed by atoms with Crippen molar-refractivity contribution in [2.75, 3.05) is 0 Å². The van der Waals surface area contributed by atoms with E-state index in [0.29, 0.717) is 5.82 Å². The summed E-state index contributed by atoms with van der Waals surface area (Å²) in [6, 6.07) is 72.0. The third kappa shape index (κ3) is 4.79. The van der Waals surface area contributed by atoms with E-state index in [2.05, 4.69) is 205 Å². The third-order valence-electron chi connectivity index (χ3n) is 11.8. The average Bonchev–Trinajstić information content (AvgIpc) is 3.64. The summed E-state index contributed by atoms with van der Waals surface area (Å²) in [5.74, 6) is 0.706. The number of rotatable bonds is 4. The van der Waals surface area contributed by atoms with Gasteiger partial charge in [-0.3, -0.25) is 0 Å². The lowest BCUT2D eigenvalue weighted by Gasteiger charge is -2.17. The zero-order valence-electron chi connectivity index (χ0n) is 30.9. The molecule has 3 nitrogen and oxygen atoms in total. The standard InChI is InChI=1S/C54H33N3/c1-2-20-36(21-3-1)57-50-31-13-12-28-45(50)52-51-43-26-10-8-24-39(43)47(32-46(51)40-25-9-11-27-44(40)53(52)57)54-55-48(41-29-14-18-34-16-4-6-22-37(34)41)33-49(56-54)42-30-15-19-35-17-5-7-23-38(35)42/h1-33H. The Labute approximate surface area is 328 Å². The van der Waals surface area contributed by atoms with Gasteiger partial charge < -0.3 is 4.57 Å². The highest BCUT2D eigenvalue weighted by Crippen LogP contribution is 2.47. The highest BCUT2D eigenvalue weighted by Gasteiger charge is 2.23. The molecule has 0 radical (unpaired) electrons. The van der Waals surface area contributed by atoms with Crippen molar-refractivity contribution >= 4 is 75.7 Å². The maximum absolute atomic E-state index is 5.51. The molecule has 0 bridgehead atoms. The van der Waals surface area contributed by atoms with Crippen molar-refractivity contribution < 1.29 is 0 Å². The van der Waals surface area contributed by atoms with Crippen molar-refractivity contribution in [3.63, 3.8) is 0 Å². The fourth-order valence-corrected chi connectivity index (χ4v) is 9.30. The maximum Gasteiger partial charge on any atom is 0.161 e. The molecule has 0 aliphatic carbocycles. The first-order valence-corrected chi connectivity index (χ1v) is 19.5. The normalized spacial score (nSPS) is 11.9. The number of hydrogen-bond donors (Lipinski definition) is 0. The number of aromatic nitrogens is 3. The van der Waals surface area contributed by atoms with Gasteiger partial charge in [0, 0.05) is 43.9 Å². The van der Waals surface area contributed by atoms with E-state index < -0.39 is 0 Å². The van der Waals surface area contributed by atoms with Gasteiger partial charge in [-0.25, -0.2) is 9.97 Å². The van der Waals surface area contributed by atoms with Crippen molar-refractivity contribution in [3.8, 4) is 39.6 Å². The van der Waals surface area contributed by atoms with Crippen LogP contribution in [0.5, 0.6) is 0 Å². The SMILES string of the molecule is c1ccc(-n2c3ccccc3c3c4c5ccccc5c(-c5nc(-c6cccc7ccccc67)cc(-c6cccc7ccccc67)n5)cc4c4ccccc4c32)cc1. The summed E-state index contributed by atoms with van der Waals surface area (Å²) >= 11 is 0. The number of fused-ring (bicyclic) bond motifs is 12. The number of benzene rings is 10. The molecule has 264 valence electrons. The van der Waals surface area contributed by atoms with Crippen molar-refractivity contribution in [2.24, 2.45) is 0 Å². The summed E-state index contributed by atoms with van der Waals surface area (Å²) in [4.78, 5) is 11.0. The van der Waals surface area contributed by atoms with Crippen LogP contribution >= 0.6 is 0 Å². The summed E-state index contributed by atoms with van der Waals surface area (Å²) in [6.45, 7) is 0. The summed E-state index contributed by atoms with van der Waals surface area (Å²) in [5, 5.41) is 14.3. The monoisotopic (exact) mass is 723 g/mol. The van der Waals surface area contributed by atoms with Gasteiger partial charge in [-0.2, -0.15) is 0 Å². The first-order valence-electron chi connectivity index (χ1n) is 19.5. The highest BCUT2D eigenvalue weighted by molar-refractivity contribution is 6.38. The van der Waals surface area contributed by atoms with Gasteiger partial charge in [0.15, 0.2) is 5.82 Å². The molecule has 12 aromatic rings. The second-order valence-electron chi connectivity index (χ2n) is 14.9. The molecule has 0 saturated carbocycles. The minimum Gasteiger partial charge on any atom is -0.309 e. The molecule has 57 heavy (non-hydrogen) atoms. The van der Waals surface area contributed by atoms with Crippen LogP contribution in [0.25, 0.3) is 115 Å². The summed E-state index contributed by atoms with van der Waals surface area (Å²) in [6.07, 6.45) is 0. The van der Waals surface area contributed by atoms with Crippen LogP contribution in [0.1, 0.15) is 0 Å². The topological polar surface area (TPSA) is 30.7 Å². The lowest BCUT2D eigenvalue weighted by molar-refractivity contribution is 1.19. The minimum absolute atomic E-state index is 0.706. The van der Waals surface area contributed by atoms with Gasteiger partial charge in [0.1, 0.15) is 0 Å². The van der Waals surface area contributed by atoms with E-state index in [9.17, 15) is 0 Å². The quantitative estimate of drug-likeness (QED) is 0.169. The van der Waals surface area contributed by atoms with Crippen molar-refractivity contribution in [2.45, 2.75) is 0 Å². The van der Waals surface area contributed by atoms with Crippen molar-refractivity contribution in [1.82, 2.24) is 14.5 Å². The predicted octanol–water partition coefficient (Wildman–Crippen LogP) is 14.3. The smallest absolute Gasteiger partial charge is 0.161 e. The molecule has 2 heterocycles. The number of nitrogens with zero attached hydrogens (tertiary/aromatic N) is 3. The zero-order valence-corrected chi connectivity index (χ0v) is 30.9. The second-order valence-corrected chi connectivity index (χ2v) is 14.9. The van der Waals surface area contributed by atoms with Crippen LogP contribution in [-0.4, -0.2) is 14.5 Å². The molecule has 2 aromatic heterocycles. The summed E-state index contributed by atoms with van der Waals surface area (Å²) < 4.78 is 2.45. The minimum atomic E-state index is 0.706. The third-order valence-corrected chi connectivity index (χ3v) is 11.8. The van der Waals surface area contributed by atoms with E-state index in [-0.39, 0.29) is 0 Å². The van der Waals surface area contributed by atoms with Crippen molar-refractivity contribution in [1.29, 1.82) is 0 Å². The van der Waals surface area contributed by atoms with Gasteiger partial charge in [-0.15, -0.1) is 0 Å². The van der Waals surface area contributed by atoms with Gasteiger partial charge in [-0.1, -0.05) is 170 Å². The molecule has 0 spiro atoms. The number of para-hydroxylation sites is 2. The van der Waals surface area contributed by atoms with E-state index >= 15 is 0 Å². The van der Waals surface area contributed by atoms with Crippen LogP contribution in [0.15, 0.2) is 200 Å². The van der Waals surface area contributed by atoms with E-state index in [4.69, 9.17) is 9.97 Å². The van der Waals surface area contributed by atoms with Gasteiger partial charge in [0.2, 0.25) is 0 Å².